The molecule has 1 aromatic carbocycles. The number of amides is 1. The number of hydrogen-bond donors (Lipinski definition) is 1. The van der Waals surface area contributed by atoms with E-state index in [9.17, 15) is 9.59 Å². The average molecular weight is 394 g/mol. The van der Waals surface area contributed by atoms with Gasteiger partial charge in [0.25, 0.3) is 11.5 Å². The lowest BCUT2D eigenvalue weighted by Crippen LogP contribution is -2.36. The summed E-state index contributed by atoms with van der Waals surface area (Å²) in [4.78, 5) is 31.8. The number of aromatic nitrogens is 2. The Morgan fingerprint density at radius 1 is 1.28 bits per heavy atom. The quantitative estimate of drug-likeness (QED) is 0.695. The van der Waals surface area contributed by atoms with Crippen LogP contribution in [0.2, 0.25) is 0 Å². The van der Waals surface area contributed by atoms with Crippen LogP contribution in [0.1, 0.15) is 47.6 Å². The molecule has 0 spiro atoms. The Balaban J connectivity index is 1.55. The van der Waals surface area contributed by atoms with E-state index in [1.165, 1.54) is 12.8 Å². The zero-order chi connectivity index (χ0) is 20.4. The molecule has 0 saturated carbocycles. The minimum Gasteiger partial charge on any atom is -0.468 e. The lowest BCUT2D eigenvalue weighted by molar-refractivity contribution is 0.0934. The van der Waals surface area contributed by atoms with Crippen LogP contribution in [0.3, 0.4) is 0 Å². The highest BCUT2D eigenvalue weighted by Crippen LogP contribution is 2.25. The van der Waals surface area contributed by atoms with Crippen molar-refractivity contribution in [1.82, 2.24) is 19.8 Å². The van der Waals surface area contributed by atoms with Crippen LogP contribution >= 0.6 is 0 Å². The maximum absolute atomic E-state index is 12.8. The fourth-order valence-corrected chi connectivity index (χ4v) is 4.06. The predicted octanol–water partition coefficient (Wildman–Crippen LogP) is 2.88. The van der Waals surface area contributed by atoms with Gasteiger partial charge in [-0.1, -0.05) is 0 Å². The van der Waals surface area contributed by atoms with Crippen LogP contribution in [-0.4, -0.2) is 40.0 Å². The van der Waals surface area contributed by atoms with Crippen LogP contribution in [-0.2, 0) is 6.54 Å². The van der Waals surface area contributed by atoms with E-state index in [2.05, 4.69) is 15.2 Å². The van der Waals surface area contributed by atoms with Gasteiger partial charge in [0.2, 0.25) is 0 Å². The molecule has 1 aliphatic rings. The second-order valence-corrected chi connectivity index (χ2v) is 7.43. The predicted molar refractivity (Wildman–Crippen MR) is 111 cm³/mol. The minimum absolute atomic E-state index is 0.0301. The smallest absolute Gasteiger partial charge is 0.272 e. The summed E-state index contributed by atoms with van der Waals surface area (Å²) in [7, 11) is 0. The van der Waals surface area contributed by atoms with Crippen molar-refractivity contribution in [3.63, 3.8) is 0 Å². The van der Waals surface area contributed by atoms with Gasteiger partial charge in [0, 0.05) is 18.7 Å². The third-order valence-corrected chi connectivity index (χ3v) is 5.60. The Bertz CT molecular complexity index is 1070. The molecule has 0 unspecified atom stereocenters. The van der Waals surface area contributed by atoms with E-state index in [0.717, 1.165) is 24.4 Å². The first-order valence-electron chi connectivity index (χ1n) is 10.2. The van der Waals surface area contributed by atoms with Crippen molar-refractivity contribution in [2.24, 2.45) is 0 Å². The van der Waals surface area contributed by atoms with E-state index in [-0.39, 0.29) is 17.5 Å². The van der Waals surface area contributed by atoms with E-state index in [4.69, 9.17) is 4.42 Å². The largest absolute Gasteiger partial charge is 0.468 e. The van der Waals surface area contributed by atoms with Gasteiger partial charge in [0.05, 0.1) is 23.3 Å². The molecule has 2 aromatic heterocycles. The van der Waals surface area contributed by atoms with Crippen molar-refractivity contribution in [3.05, 3.63) is 64.0 Å². The standard InChI is InChI=1S/C22H26N4O3/c1-3-26-18-9-8-16(13-17(18)24-15(2)22(26)28)21(27)23-14-19(20-7-6-12-29-20)25-10-4-5-11-25/h6-9,12-13,19H,3-5,10-11,14H2,1-2H3,(H,23,27)/t19-/m0/s1. The van der Waals surface area contributed by atoms with Gasteiger partial charge in [-0.05, 0) is 70.1 Å². The molecule has 0 bridgehead atoms. The van der Waals surface area contributed by atoms with Gasteiger partial charge in [-0.3, -0.25) is 14.5 Å². The molecule has 1 atom stereocenters. The molecule has 1 fully saturated rings. The monoisotopic (exact) mass is 394 g/mol. The van der Waals surface area contributed by atoms with E-state index in [0.29, 0.717) is 29.9 Å². The zero-order valence-electron chi connectivity index (χ0n) is 16.9. The fraction of sp³-hybridized carbons (Fsp3) is 0.409. The number of carbonyl (C=O) groups is 1. The zero-order valence-corrected chi connectivity index (χ0v) is 16.9. The van der Waals surface area contributed by atoms with Gasteiger partial charge in [-0.2, -0.15) is 0 Å². The summed E-state index contributed by atoms with van der Waals surface area (Å²) in [6.45, 7) is 6.68. The van der Waals surface area contributed by atoms with Gasteiger partial charge >= 0.3 is 0 Å². The van der Waals surface area contributed by atoms with Crippen LogP contribution in [0.25, 0.3) is 11.0 Å². The summed E-state index contributed by atoms with van der Waals surface area (Å²) in [5.41, 5.74) is 2.27. The molecule has 7 nitrogen and oxygen atoms in total. The lowest BCUT2D eigenvalue weighted by Gasteiger charge is -2.26. The number of hydrogen-bond acceptors (Lipinski definition) is 5. The first-order valence-corrected chi connectivity index (χ1v) is 10.2. The number of aryl methyl sites for hydroxylation is 2. The summed E-state index contributed by atoms with van der Waals surface area (Å²) >= 11 is 0. The molecule has 7 heteroatoms. The summed E-state index contributed by atoms with van der Waals surface area (Å²) in [5.74, 6) is 0.714. The molecule has 152 valence electrons. The van der Waals surface area contributed by atoms with Gasteiger partial charge in [0.1, 0.15) is 11.5 Å². The second kappa shape index (κ2) is 8.21. The Labute approximate surface area is 169 Å². The van der Waals surface area contributed by atoms with Gasteiger partial charge in [-0.25, -0.2) is 4.98 Å². The molecule has 0 aliphatic carbocycles. The van der Waals surface area contributed by atoms with E-state index < -0.39 is 0 Å². The number of fused-ring (bicyclic) bond motifs is 1. The molecule has 1 amide bonds. The average Bonchev–Trinajstić information content (AvgIpc) is 3.43. The molecule has 3 heterocycles. The van der Waals surface area contributed by atoms with Crippen LogP contribution in [0.15, 0.2) is 45.8 Å². The number of furan rings is 1. The maximum Gasteiger partial charge on any atom is 0.272 e. The Morgan fingerprint density at radius 2 is 2.07 bits per heavy atom. The molecule has 0 radical (unpaired) electrons. The number of nitrogens with zero attached hydrogens (tertiary/aromatic N) is 3. The lowest BCUT2D eigenvalue weighted by atomic mass is 10.1. The van der Waals surface area contributed by atoms with Crippen molar-refractivity contribution in [3.8, 4) is 0 Å². The number of nitrogens with one attached hydrogen (secondary N) is 1. The highest BCUT2D eigenvalue weighted by atomic mass is 16.3. The van der Waals surface area contributed by atoms with Crippen molar-refractivity contribution in [1.29, 1.82) is 0 Å². The number of carbonyl (C=O) groups excluding carboxylic acids is 1. The molecular formula is C22H26N4O3. The van der Waals surface area contributed by atoms with Crippen molar-refractivity contribution in [2.45, 2.75) is 39.3 Å². The fourth-order valence-electron chi connectivity index (χ4n) is 4.06. The summed E-state index contributed by atoms with van der Waals surface area (Å²) < 4.78 is 7.30. The van der Waals surface area contributed by atoms with Gasteiger partial charge in [0.15, 0.2) is 0 Å². The van der Waals surface area contributed by atoms with Gasteiger partial charge in [-0.15, -0.1) is 0 Å². The maximum atomic E-state index is 12.8. The van der Waals surface area contributed by atoms with E-state index >= 15 is 0 Å². The number of benzene rings is 1. The highest BCUT2D eigenvalue weighted by Gasteiger charge is 2.26. The molecule has 29 heavy (non-hydrogen) atoms. The number of likely N-dealkylation sites (tertiary alicyclic amines) is 1. The van der Waals surface area contributed by atoms with E-state index in [1.54, 1.807) is 36.0 Å². The summed E-state index contributed by atoms with van der Waals surface area (Å²) in [6.07, 6.45) is 4.00. The number of rotatable bonds is 6. The highest BCUT2D eigenvalue weighted by molar-refractivity contribution is 5.97. The molecular weight excluding hydrogens is 368 g/mol. The normalized spacial score (nSPS) is 15.7. The molecule has 3 aromatic rings. The topological polar surface area (TPSA) is 80.4 Å². The van der Waals surface area contributed by atoms with Crippen LogP contribution in [0.4, 0.5) is 0 Å². The van der Waals surface area contributed by atoms with Crippen LogP contribution in [0.5, 0.6) is 0 Å². The van der Waals surface area contributed by atoms with Crippen molar-refractivity contribution >= 4 is 16.9 Å². The van der Waals surface area contributed by atoms with E-state index in [1.807, 2.05) is 19.1 Å². The summed E-state index contributed by atoms with van der Waals surface area (Å²) in [6, 6.07) is 9.17. The van der Waals surface area contributed by atoms with Crippen LogP contribution in [0, 0.1) is 6.92 Å². The summed E-state index contributed by atoms with van der Waals surface area (Å²) in [5, 5.41) is 3.05. The first-order chi connectivity index (χ1) is 14.1. The Morgan fingerprint density at radius 3 is 2.76 bits per heavy atom. The van der Waals surface area contributed by atoms with Crippen LogP contribution < -0.4 is 10.9 Å². The van der Waals surface area contributed by atoms with Gasteiger partial charge < -0.3 is 14.3 Å². The molecule has 4 rings (SSSR count). The van der Waals surface area contributed by atoms with Crippen molar-refractivity contribution < 1.29 is 9.21 Å². The SMILES string of the molecule is CCn1c(=O)c(C)nc2cc(C(=O)NC[C@@H](c3ccco3)N3CCCC3)ccc21. The molecule has 1 aliphatic heterocycles. The Hall–Kier alpha value is -2.93. The third kappa shape index (κ3) is 3.82. The molecule has 1 N–H and O–H groups in total. The third-order valence-electron chi connectivity index (χ3n) is 5.60. The second-order valence-electron chi connectivity index (χ2n) is 7.43. The first kappa shape index (κ1) is 19.4. The minimum atomic E-state index is -0.156. The van der Waals surface area contributed by atoms with Crippen molar-refractivity contribution in [2.75, 3.05) is 19.6 Å². The Kier molecular flexibility index (Phi) is 5.49. The molecule has 1 saturated heterocycles.